The largest absolute Gasteiger partial charge is 0.477 e. The molecular formula is C12H8ClN3O3. The number of carboxylic acid groups (broad SMARTS) is 1. The number of hydrogen-bond donors (Lipinski definition) is 2. The molecule has 2 rings (SSSR count). The monoisotopic (exact) mass is 277 g/mol. The summed E-state index contributed by atoms with van der Waals surface area (Å²) >= 11 is 5.68. The number of hydrogen-bond acceptors (Lipinski definition) is 4. The molecule has 2 N–H and O–H groups in total. The van der Waals surface area contributed by atoms with Gasteiger partial charge in [-0.25, -0.2) is 14.8 Å². The van der Waals surface area contributed by atoms with E-state index in [0.29, 0.717) is 5.69 Å². The van der Waals surface area contributed by atoms with E-state index in [9.17, 15) is 9.59 Å². The summed E-state index contributed by atoms with van der Waals surface area (Å²) in [6.45, 7) is 0. The van der Waals surface area contributed by atoms with E-state index in [-0.39, 0.29) is 16.5 Å². The van der Waals surface area contributed by atoms with Crippen LogP contribution >= 0.6 is 11.6 Å². The van der Waals surface area contributed by atoms with Gasteiger partial charge in [0.25, 0.3) is 5.91 Å². The van der Waals surface area contributed by atoms with E-state index in [2.05, 4.69) is 15.3 Å². The summed E-state index contributed by atoms with van der Waals surface area (Å²) in [6.07, 6.45) is 1.26. The Morgan fingerprint density at radius 1 is 1.16 bits per heavy atom. The van der Waals surface area contributed by atoms with Crippen molar-refractivity contribution in [1.82, 2.24) is 9.97 Å². The lowest BCUT2D eigenvalue weighted by Crippen LogP contribution is -2.14. The second-order valence-corrected chi connectivity index (χ2v) is 3.92. The number of rotatable bonds is 3. The predicted octanol–water partition coefficient (Wildman–Crippen LogP) is 2.08. The van der Waals surface area contributed by atoms with Gasteiger partial charge in [0.2, 0.25) is 0 Å². The first-order valence-corrected chi connectivity index (χ1v) is 5.57. The standard InChI is InChI=1S/C12H8ClN3O3/c13-10-3-1-2-8(16-10)11(17)15-7-4-5-9(12(18)19)14-6-7/h1-6H,(H,15,17)(H,18,19). The zero-order valence-corrected chi connectivity index (χ0v) is 10.3. The van der Waals surface area contributed by atoms with Crippen LogP contribution in [0.25, 0.3) is 0 Å². The van der Waals surface area contributed by atoms with E-state index in [1.54, 1.807) is 12.1 Å². The molecule has 0 saturated carbocycles. The molecule has 0 spiro atoms. The third-order valence-electron chi connectivity index (χ3n) is 2.19. The van der Waals surface area contributed by atoms with Crippen LogP contribution in [0.2, 0.25) is 5.15 Å². The van der Waals surface area contributed by atoms with Gasteiger partial charge >= 0.3 is 5.97 Å². The van der Waals surface area contributed by atoms with Gasteiger partial charge in [-0.2, -0.15) is 0 Å². The number of halogens is 1. The maximum atomic E-state index is 11.8. The topological polar surface area (TPSA) is 92.2 Å². The summed E-state index contributed by atoms with van der Waals surface area (Å²) in [5, 5.41) is 11.4. The highest BCUT2D eigenvalue weighted by molar-refractivity contribution is 6.29. The first-order chi connectivity index (χ1) is 9.06. The van der Waals surface area contributed by atoms with Crippen LogP contribution in [0.15, 0.2) is 36.5 Å². The van der Waals surface area contributed by atoms with Gasteiger partial charge < -0.3 is 10.4 Å². The van der Waals surface area contributed by atoms with Crippen LogP contribution in [0.4, 0.5) is 5.69 Å². The molecule has 2 aromatic rings. The summed E-state index contributed by atoms with van der Waals surface area (Å²) in [5.41, 5.74) is 0.436. The molecule has 0 bridgehead atoms. The van der Waals surface area contributed by atoms with Gasteiger partial charge in [-0.3, -0.25) is 4.79 Å². The second-order valence-electron chi connectivity index (χ2n) is 3.54. The molecule has 0 saturated heterocycles. The van der Waals surface area contributed by atoms with Crippen LogP contribution in [-0.4, -0.2) is 27.0 Å². The normalized spacial score (nSPS) is 9.95. The van der Waals surface area contributed by atoms with Crippen molar-refractivity contribution in [2.75, 3.05) is 5.32 Å². The maximum absolute atomic E-state index is 11.8. The van der Waals surface area contributed by atoms with E-state index < -0.39 is 11.9 Å². The molecule has 0 radical (unpaired) electrons. The number of carboxylic acids is 1. The smallest absolute Gasteiger partial charge is 0.354 e. The minimum atomic E-state index is -1.13. The van der Waals surface area contributed by atoms with Crippen molar-refractivity contribution < 1.29 is 14.7 Å². The highest BCUT2D eigenvalue weighted by Gasteiger charge is 2.09. The van der Waals surface area contributed by atoms with Crippen molar-refractivity contribution in [3.8, 4) is 0 Å². The lowest BCUT2D eigenvalue weighted by molar-refractivity contribution is 0.0690. The van der Waals surface area contributed by atoms with Crippen LogP contribution in [0, 0.1) is 0 Å². The highest BCUT2D eigenvalue weighted by Crippen LogP contribution is 2.10. The Hall–Kier alpha value is -2.47. The number of carbonyl (C=O) groups is 2. The number of aromatic nitrogens is 2. The Bertz CT molecular complexity index is 628. The quantitative estimate of drug-likeness (QED) is 0.838. The molecule has 96 valence electrons. The minimum absolute atomic E-state index is 0.0983. The summed E-state index contributed by atoms with van der Waals surface area (Å²) in [6, 6.07) is 7.42. The number of aromatic carboxylic acids is 1. The molecular weight excluding hydrogens is 270 g/mol. The van der Waals surface area contributed by atoms with Crippen LogP contribution in [0.1, 0.15) is 21.0 Å². The fraction of sp³-hybridized carbons (Fsp3) is 0. The van der Waals surface area contributed by atoms with Gasteiger partial charge in [0.05, 0.1) is 11.9 Å². The fourth-order valence-electron chi connectivity index (χ4n) is 1.32. The first kappa shape index (κ1) is 13.0. The van der Waals surface area contributed by atoms with Gasteiger partial charge in [-0.05, 0) is 24.3 Å². The first-order valence-electron chi connectivity index (χ1n) is 5.19. The number of pyridine rings is 2. The van der Waals surface area contributed by atoms with Crippen molar-refractivity contribution in [2.45, 2.75) is 0 Å². The Labute approximate surface area is 113 Å². The maximum Gasteiger partial charge on any atom is 0.354 e. The number of carbonyl (C=O) groups excluding carboxylic acids is 1. The Morgan fingerprint density at radius 2 is 1.95 bits per heavy atom. The molecule has 0 aromatic carbocycles. The van der Waals surface area contributed by atoms with Gasteiger partial charge in [-0.1, -0.05) is 17.7 Å². The second kappa shape index (κ2) is 5.45. The van der Waals surface area contributed by atoms with E-state index in [1.807, 2.05) is 0 Å². The molecule has 6 nitrogen and oxygen atoms in total. The average Bonchev–Trinajstić information content (AvgIpc) is 2.39. The number of amides is 1. The number of nitrogens with one attached hydrogen (secondary N) is 1. The summed E-state index contributed by atoms with van der Waals surface area (Å²) in [4.78, 5) is 30.0. The van der Waals surface area contributed by atoms with Crippen molar-refractivity contribution in [2.24, 2.45) is 0 Å². The van der Waals surface area contributed by atoms with Crippen molar-refractivity contribution in [3.05, 3.63) is 53.1 Å². The van der Waals surface area contributed by atoms with Crippen LogP contribution in [-0.2, 0) is 0 Å². The molecule has 0 fully saturated rings. The third kappa shape index (κ3) is 3.26. The van der Waals surface area contributed by atoms with Gasteiger partial charge in [0, 0.05) is 0 Å². The molecule has 19 heavy (non-hydrogen) atoms. The van der Waals surface area contributed by atoms with E-state index >= 15 is 0 Å². The SMILES string of the molecule is O=C(O)c1ccc(NC(=O)c2cccc(Cl)n2)cn1. The van der Waals surface area contributed by atoms with Crippen molar-refractivity contribution in [1.29, 1.82) is 0 Å². The van der Waals surface area contributed by atoms with Crippen molar-refractivity contribution in [3.63, 3.8) is 0 Å². The molecule has 0 aliphatic heterocycles. The Balaban J connectivity index is 2.13. The van der Waals surface area contributed by atoms with Gasteiger partial charge in [-0.15, -0.1) is 0 Å². The van der Waals surface area contributed by atoms with Crippen LogP contribution < -0.4 is 5.32 Å². The highest BCUT2D eigenvalue weighted by atomic mass is 35.5. The average molecular weight is 278 g/mol. The van der Waals surface area contributed by atoms with Crippen LogP contribution in [0.5, 0.6) is 0 Å². The zero-order chi connectivity index (χ0) is 13.8. The zero-order valence-electron chi connectivity index (χ0n) is 9.50. The third-order valence-corrected chi connectivity index (χ3v) is 2.40. The summed E-state index contributed by atoms with van der Waals surface area (Å²) < 4.78 is 0. The van der Waals surface area contributed by atoms with E-state index in [1.165, 1.54) is 24.4 Å². The van der Waals surface area contributed by atoms with E-state index in [0.717, 1.165) is 0 Å². The molecule has 1 amide bonds. The van der Waals surface area contributed by atoms with Crippen LogP contribution in [0.3, 0.4) is 0 Å². The fourth-order valence-corrected chi connectivity index (χ4v) is 1.49. The molecule has 2 aromatic heterocycles. The minimum Gasteiger partial charge on any atom is -0.477 e. The number of anilines is 1. The van der Waals surface area contributed by atoms with Gasteiger partial charge in [0.1, 0.15) is 16.5 Å². The predicted molar refractivity (Wildman–Crippen MR) is 68.4 cm³/mol. The lowest BCUT2D eigenvalue weighted by Gasteiger charge is -2.04. The van der Waals surface area contributed by atoms with Crippen molar-refractivity contribution >= 4 is 29.2 Å². The molecule has 0 unspecified atom stereocenters. The van der Waals surface area contributed by atoms with Gasteiger partial charge in [0.15, 0.2) is 0 Å². The Kier molecular flexibility index (Phi) is 3.72. The summed E-state index contributed by atoms with van der Waals surface area (Å²) in [5.74, 6) is -1.58. The Morgan fingerprint density at radius 3 is 2.53 bits per heavy atom. The molecule has 2 heterocycles. The summed E-state index contributed by atoms with van der Waals surface area (Å²) in [7, 11) is 0. The molecule has 0 aliphatic carbocycles. The molecule has 0 atom stereocenters. The van der Waals surface area contributed by atoms with E-state index in [4.69, 9.17) is 16.7 Å². The molecule has 0 aliphatic rings. The molecule has 7 heteroatoms. The number of nitrogens with zero attached hydrogens (tertiary/aromatic N) is 2. The lowest BCUT2D eigenvalue weighted by atomic mass is 10.3.